The third-order valence-corrected chi connectivity index (χ3v) is 4.08. The van der Waals surface area contributed by atoms with Gasteiger partial charge < -0.3 is 21.1 Å². The summed E-state index contributed by atoms with van der Waals surface area (Å²) in [6, 6.07) is -0.126. The molecule has 6 heteroatoms. The molecule has 1 aliphatic heterocycles. The third kappa shape index (κ3) is 9.10. The molecule has 2 atom stereocenters. The van der Waals surface area contributed by atoms with Crippen molar-refractivity contribution in [3.05, 3.63) is 71.9 Å². The lowest BCUT2D eigenvalue weighted by Gasteiger charge is -2.28. The molecule has 0 aromatic heterocycles. The van der Waals surface area contributed by atoms with Crippen LogP contribution in [0, 0.1) is 0 Å². The molecule has 0 aromatic carbocycles. The zero-order valence-electron chi connectivity index (χ0n) is 15.7. The predicted molar refractivity (Wildman–Crippen MR) is 114 cm³/mol. The molecule has 4 N–H and O–H groups in total. The van der Waals surface area contributed by atoms with Crippen molar-refractivity contribution in [1.82, 2.24) is 4.90 Å². The number of hydrogen-bond acceptors (Lipinski definition) is 4. The average molecular weight is 424 g/mol. The minimum Gasteiger partial charge on any atom is -0.370 e. The summed E-state index contributed by atoms with van der Waals surface area (Å²) in [5, 5.41) is 0. The van der Waals surface area contributed by atoms with Crippen LogP contribution in [0.4, 0.5) is 0 Å². The number of carbonyl (C=O) groups is 1. The lowest BCUT2D eigenvalue weighted by molar-refractivity contribution is -0.139. The molecular weight excluding hydrogens is 394 g/mol. The molecule has 1 aliphatic rings. The highest BCUT2D eigenvalue weighted by molar-refractivity contribution is 9.11. The van der Waals surface area contributed by atoms with E-state index in [4.69, 9.17) is 16.2 Å². The largest absolute Gasteiger partial charge is 0.370 e. The molecule has 1 fully saturated rings. The normalized spacial score (nSPS) is 17.6. The summed E-state index contributed by atoms with van der Waals surface area (Å²) >= 11 is 3.27. The SMILES string of the molecule is C=C/C(=C\C(=C)C(C)N)N1CCOCC1=O.C=C/C(Br)=C\C(=C)C(C)N. The van der Waals surface area contributed by atoms with Gasteiger partial charge >= 0.3 is 0 Å². The number of nitrogens with two attached hydrogens (primary N) is 2. The summed E-state index contributed by atoms with van der Waals surface area (Å²) in [5.41, 5.74) is 13.6. The molecule has 2 unspecified atom stereocenters. The number of allylic oxidation sites excluding steroid dienone is 3. The van der Waals surface area contributed by atoms with E-state index in [0.717, 1.165) is 21.3 Å². The Kier molecular flexibility index (Phi) is 11.8. The Labute approximate surface area is 165 Å². The number of nitrogens with zero attached hydrogens (tertiary/aromatic N) is 1. The number of rotatable bonds is 7. The number of morpholine rings is 1. The predicted octanol–water partition coefficient (Wildman–Crippen LogP) is 3.17. The van der Waals surface area contributed by atoms with Gasteiger partial charge in [-0.3, -0.25) is 4.79 Å². The molecule has 26 heavy (non-hydrogen) atoms. The fourth-order valence-corrected chi connectivity index (χ4v) is 2.02. The van der Waals surface area contributed by atoms with E-state index < -0.39 is 0 Å². The van der Waals surface area contributed by atoms with Crippen LogP contribution in [0.3, 0.4) is 0 Å². The highest BCUT2D eigenvalue weighted by atomic mass is 79.9. The molecule has 5 nitrogen and oxygen atoms in total. The smallest absolute Gasteiger partial charge is 0.253 e. The number of amides is 1. The van der Waals surface area contributed by atoms with Crippen molar-refractivity contribution in [3.8, 4) is 0 Å². The van der Waals surface area contributed by atoms with Gasteiger partial charge in [-0.05, 0) is 43.2 Å². The summed E-state index contributed by atoms with van der Waals surface area (Å²) < 4.78 is 5.97. The standard InChI is InChI=1S/C12H18N2O2.C8H12BrN/c1-4-11(7-9(2)10(3)13)14-5-6-16-8-12(14)15;1-4-8(9)5-6(2)7(3)10/h4,7,10H,1-2,5-6,8,13H2,3H3;4-5,7H,1-2,10H2,3H3/b11-7+;8-5+. The van der Waals surface area contributed by atoms with E-state index in [9.17, 15) is 4.79 Å². The monoisotopic (exact) mass is 423 g/mol. The second-order valence-electron chi connectivity index (χ2n) is 5.83. The van der Waals surface area contributed by atoms with Crippen LogP contribution >= 0.6 is 15.9 Å². The first-order valence-electron chi connectivity index (χ1n) is 8.24. The van der Waals surface area contributed by atoms with E-state index in [1.165, 1.54) is 0 Å². The molecule has 0 saturated carbocycles. The van der Waals surface area contributed by atoms with Crippen LogP contribution in [0.2, 0.25) is 0 Å². The van der Waals surface area contributed by atoms with Gasteiger partial charge in [0, 0.05) is 28.8 Å². The van der Waals surface area contributed by atoms with Crippen LogP contribution in [0.5, 0.6) is 0 Å². The van der Waals surface area contributed by atoms with Gasteiger partial charge in [0.25, 0.3) is 5.91 Å². The molecule has 1 amide bonds. The Balaban J connectivity index is 0.000000541. The lowest BCUT2D eigenvalue weighted by Crippen LogP contribution is -2.40. The van der Waals surface area contributed by atoms with Crippen LogP contribution in [0.25, 0.3) is 0 Å². The highest BCUT2D eigenvalue weighted by Crippen LogP contribution is 2.13. The van der Waals surface area contributed by atoms with Crippen molar-refractivity contribution in [2.75, 3.05) is 19.8 Å². The molecule has 0 bridgehead atoms. The quantitative estimate of drug-likeness (QED) is 0.616. The average Bonchev–Trinajstić information content (AvgIpc) is 2.60. The van der Waals surface area contributed by atoms with Gasteiger partial charge in [0.05, 0.1) is 6.61 Å². The molecule has 1 rings (SSSR count). The molecule has 0 radical (unpaired) electrons. The topological polar surface area (TPSA) is 81.6 Å². The van der Waals surface area contributed by atoms with Crippen molar-refractivity contribution in [1.29, 1.82) is 0 Å². The molecule has 0 aliphatic carbocycles. The summed E-state index contributed by atoms with van der Waals surface area (Å²) in [5.74, 6) is -0.0603. The molecule has 1 saturated heterocycles. The first-order valence-corrected chi connectivity index (χ1v) is 9.03. The van der Waals surface area contributed by atoms with Crippen molar-refractivity contribution < 1.29 is 9.53 Å². The first kappa shape index (κ1) is 24.3. The van der Waals surface area contributed by atoms with E-state index in [1.807, 2.05) is 19.9 Å². The Bertz CT molecular complexity index is 604. The van der Waals surface area contributed by atoms with Gasteiger partial charge in [-0.1, -0.05) is 48.3 Å². The molecule has 0 aromatic rings. The Morgan fingerprint density at radius 1 is 1.15 bits per heavy atom. The summed E-state index contributed by atoms with van der Waals surface area (Å²) in [4.78, 5) is 13.2. The van der Waals surface area contributed by atoms with Crippen LogP contribution in [-0.2, 0) is 9.53 Å². The fraction of sp³-hybridized carbons (Fsp3) is 0.350. The van der Waals surface area contributed by atoms with Gasteiger partial charge in [0.1, 0.15) is 6.61 Å². The van der Waals surface area contributed by atoms with Gasteiger partial charge in [-0.15, -0.1) is 0 Å². The number of carbonyl (C=O) groups excluding carboxylic acids is 1. The minimum absolute atomic E-state index is 0.00694. The van der Waals surface area contributed by atoms with Crippen molar-refractivity contribution >= 4 is 21.8 Å². The lowest BCUT2D eigenvalue weighted by atomic mass is 10.1. The molecule has 1 heterocycles. The summed E-state index contributed by atoms with van der Waals surface area (Å²) in [6.07, 6.45) is 6.99. The van der Waals surface area contributed by atoms with Gasteiger partial charge in [-0.25, -0.2) is 0 Å². The zero-order valence-corrected chi connectivity index (χ0v) is 17.3. The van der Waals surface area contributed by atoms with Crippen LogP contribution in [0.1, 0.15) is 13.8 Å². The maximum Gasteiger partial charge on any atom is 0.253 e. The highest BCUT2D eigenvalue weighted by Gasteiger charge is 2.20. The number of halogens is 1. The summed E-state index contributed by atoms with van der Waals surface area (Å²) in [7, 11) is 0. The van der Waals surface area contributed by atoms with E-state index in [-0.39, 0.29) is 24.6 Å². The maximum absolute atomic E-state index is 11.6. The van der Waals surface area contributed by atoms with E-state index in [1.54, 1.807) is 23.1 Å². The second-order valence-corrected chi connectivity index (χ2v) is 6.75. The first-order chi connectivity index (χ1) is 12.1. The number of hydrogen-bond donors (Lipinski definition) is 2. The van der Waals surface area contributed by atoms with Gasteiger partial charge in [0.15, 0.2) is 0 Å². The maximum atomic E-state index is 11.6. The van der Waals surface area contributed by atoms with E-state index in [2.05, 4.69) is 42.2 Å². The fourth-order valence-electron chi connectivity index (χ4n) is 1.73. The Morgan fingerprint density at radius 2 is 1.69 bits per heavy atom. The molecule has 144 valence electrons. The second kappa shape index (κ2) is 12.6. The van der Waals surface area contributed by atoms with E-state index >= 15 is 0 Å². The van der Waals surface area contributed by atoms with Crippen LogP contribution in [0.15, 0.2) is 71.9 Å². The summed E-state index contributed by atoms with van der Waals surface area (Å²) in [6.45, 7) is 19.8. The zero-order chi connectivity index (χ0) is 20.3. The Morgan fingerprint density at radius 3 is 2.12 bits per heavy atom. The van der Waals surface area contributed by atoms with Crippen molar-refractivity contribution in [2.24, 2.45) is 11.5 Å². The third-order valence-electron chi connectivity index (χ3n) is 3.53. The van der Waals surface area contributed by atoms with Crippen molar-refractivity contribution in [2.45, 2.75) is 25.9 Å². The van der Waals surface area contributed by atoms with Gasteiger partial charge in [0.2, 0.25) is 0 Å². The molecular formula is C20H30BrN3O2. The number of ether oxygens (including phenoxy) is 1. The van der Waals surface area contributed by atoms with Crippen LogP contribution < -0.4 is 11.5 Å². The van der Waals surface area contributed by atoms with Crippen LogP contribution in [-0.4, -0.2) is 42.6 Å². The Hall–Kier alpha value is -1.73. The van der Waals surface area contributed by atoms with Crippen molar-refractivity contribution in [3.63, 3.8) is 0 Å². The minimum atomic E-state index is -0.133. The molecule has 0 spiro atoms. The van der Waals surface area contributed by atoms with Gasteiger partial charge in [-0.2, -0.15) is 0 Å². The van der Waals surface area contributed by atoms with E-state index in [0.29, 0.717) is 13.2 Å².